The van der Waals surface area contributed by atoms with Gasteiger partial charge in [0.1, 0.15) is 12.1 Å². The fourth-order valence-electron chi connectivity index (χ4n) is 2.85. The molecule has 128 valence electrons. The van der Waals surface area contributed by atoms with Crippen LogP contribution in [-0.2, 0) is 0 Å². The number of benzene rings is 2. The van der Waals surface area contributed by atoms with Crippen molar-refractivity contribution in [2.45, 2.75) is 13.8 Å². The number of fused-ring (bicyclic) bond motifs is 1. The van der Waals surface area contributed by atoms with Crippen molar-refractivity contribution in [1.29, 1.82) is 0 Å². The molecule has 0 atom stereocenters. The summed E-state index contributed by atoms with van der Waals surface area (Å²) < 4.78 is 1.82. The first-order valence-corrected chi connectivity index (χ1v) is 8.26. The summed E-state index contributed by atoms with van der Waals surface area (Å²) in [6, 6.07) is 15.3. The van der Waals surface area contributed by atoms with Gasteiger partial charge in [0.05, 0.1) is 17.3 Å². The lowest BCUT2D eigenvalue weighted by Gasteiger charge is -2.08. The Morgan fingerprint density at radius 1 is 1.04 bits per heavy atom. The summed E-state index contributed by atoms with van der Waals surface area (Å²) >= 11 is 0. The lowest BCUT2D eigenvalue weighted by molar-refractivity contribution is 0.101. The Hall–Kier alpha value is -3.54. The van der Waals surface area contributed by atoms with Crippen LogP contribution in [0.15, 0.2) is 61.1 Å². The second kappa shape index (κ2) is 6.40. The van der Waals surface area contributed by atoms with Crippen molar-refractivity contribution >= 4 is 28.3 Å². The summed E-state index contributed by atoms with van der Waals surface area (Å²) in [5, 5.41) is 8.60. The molecule has 1 N–H and O–H groups in total. The summed E-state index contributed by atoms with van der Waals surface area (Å²) in [6.07, 6.45) is 3.28. The van der Waals surface area contributed by atoms with Gasteiger partial charge in [0.2, 0.25) is 0 Å². The zero-order valence-electron chi connectivity index (χ0n) is 14.5. The van der Waals surface area contributed by atoms with Crippen molar-refractivity contribution in [2.75, 3.05) is 5.32 Å². The average Bonchev–Trinajstić information content (AvgIpc) is 3.07. The highest BCUT2D eigenvalue weighted by molar-refractivity contribution is 5.94. The average molecular weight is 343 g/mol. The van der Waals surface area contributed by atoms with Crippen molar-refractivity contribution in [1.82, 2.24) is 19.7 Å². The van der Waals surface area contributed by atoms with Gasteiger partial charge in [-0.05, 0) is 49.7 Å². The predicted octanol–water partition coefficient (Wildman–Crippen LogP) is 4.07. The van der Waals surface area contributed by atoms with E-state index in [1.165, 1.54) is 6.33 Å². The van der Waals surface area contributed by atoms with Gasteiger partial charge in [-0.15, -0.1) is 0 Å². The maximum atomic E-state index is 11.4. The number of Topliss-reactive ketones (excluding diaryl/α,β-unsaturated/α-hetero) is 1. The molecule has 0 saturated carbocycles. The van der Waals surface area contributed by atoms with Gasteiger partial charge >= 0.3 is 0 Å². The molecule has 0 aliphatic rings. The van der Waals surface area contributed by atoms with Crippen molar-refractivity contribution in [3.63, 3.8) is 0 Å². The van der Waals surface area contributed by atoms with Crippen LogP contribution >= 0.6 is 0 Å². The van der Waals surface area contributed by atoms with Gasteiger partial charge in [0.25, 0.3) is 0 Å². The molecule has 2 heterocycles. The minimum absolute atomic E-state index is 0.0421. The molecule has 0 aliphatic carbocycles. The molecule has 0 saturated heterocycles. The van der Waals surface area contributed by atoms with E-state index in [1.807, 2.05) is 48.0 Å². The molecule has 0 bridgehead atoms. The Kier molecular flexibility index (Phi) is 3.93. The van der Waals surface area contributed by atoms with E-state index in [2.05, 4.69) is 20.4 Å². The number of aryl methyl sites for hydroxylation is 1. The zero-order valence-corrected chi connectivity index (χ0v) is 14.5. The van der Waals surface area contributed by atoms with Crippen LogP contribution < -0.4 is 5.32 Å². The zero-order chi connectivity index (χ0) is 18.1. The number of hydrogen-bond donors (Lipinski definition) is 1. The number of nitrogens with one attached hydrogen (secondary N) is 1. The second-order valence-corrected chi connectivity index (χ2v) is 6.06. The Labute approximate surface area is 150 Å². The fourth-order valence-corrected chi connectivity index (χ4v) is 2.85. The first-order chi connectivity index (χ1) is 12.6. The summed E-state index contributed by atoms with van der Waals surface area (Å²) in [5.74, 6) is 0.714. The number of nitrogens with zero attached hydrogens (tertiary/aromatic N) is 4. The van der Waals surface area contributed by atoms with Gasteiger partial charge < -0.3 is 5.32 Å². The summed E-state index contributed by atoms with van der Waals surface area (Å²) in [4.78, 5) is 20.2. The maximum absolute atomic E-state index is 11.4. The SMILES string of the molecule is CC(=O)c1ccc(Nc2ncnc3c2cnn3-c2ccccc2C)cc1. The third-order valence-electron chi connectivity index (χ3n) is 4.26. The van der Waals surface area contributed by atoms with E-state index in [-0.39, 0.29) is 5.78 Å². The molecule has 0 aliphatic heterocycles. The Balaban J connectivity index is 1.73. The molecular formula is C20H17N5O. The largest absolute Gasteiger partial charge is 0.340 e. The van der Waals surface area contributed by atoms with Crippen LogP contribution in [0.4, 0.5) is 11.5 Å². The third kappa shape index (κ3) is 2.82. The van der Waals surface area contributed by atoms with Crippen LogP contribution in [0.1, 0.15) is 22.8 Å². The molecular weight excluding hydrogens is 326 g/mol. The molecule has 2 aromatic carbocycles. The lowest BCUT2D eigenvalue weighted by atomic mass is 10.1. The second-order valence-electron chi connectivity index (χ2n) is 6.06. The van der Waals surface area contributed by atoms with Gasteiger partial charge in [0.15, 0.2) is 11.4 Å². The number of aromatic nitrogens is 4. The highest BCUT2D eigenvalue weighted by atomic mass is 16.1. The Morgan fingerprint density at radius 2 is 1.81 bits per heavy atom. The number of rotatable bonds is 4. The van der Waals surface area contributed by atoms with E-state index in [9.17, 15) is 4.79 Å². The summed E-state index contributed by atoms with van der Waals surface area (Å²) in [6.45, 7) is 3.59. The smallest absolute Gasteiger partial charge is 0.168 e. The molecule has 4 aromatic rings. The van der Waals surface area contributed by atoms with Gasteiger partial charge in [-0.3, -0.25) is 4.79 Å². The topological polar surface area (TPSA) is 72.7 Å². The monoisotopic (exact) mass is 343 g/mol. The first kappa shape index (κ1) is 16.0. The van der Waals surface area contributed by atoms with Gasteiger partial charge in [-0.25, -0.2) is 14.6 Å². The quantitative estimate of drug-likeness (QED) is 0.566. The van der Waals surface area contributed by atoms with E-state index in [1.54, 1.807) is 25.3 Å². The van der Waals surface area contributed by atoms with E-state index in [0.717, 1.165) is 28.0 Å². The number of carbonyl (C=O) groups is 1. The fraction of sp³-hybridized carbons (Fsp3) is 0.100. The molecule has 0 spiro atoms. The van der Waals surface area contributed by atoms with Crippen molar-refractivity contribution in [3.8, 4) is 5.69 Å². The molecule has 6 nitrogen and oxygen atoms in total. The molecule has 26 heavy (non-hydrogen) atoms. The minimum Gasteiger partial charge on any atom is -0.340 e. The van der Waals surface area contributed by atoms with Crippen LogP contribution in [0.5, 0.6) is 0 Å². The summed E-state index contributed by atoms with van der Waals surface area (Å²) in [7, 11) is 0. The molecule has 4 rings (SSSR count). The standard InChI is InChI=1S/C20H17N5O/c1-13-5-3-4-6-18(13)25-20-17(11-23-25)19(21-12-22-20)24-16-9-7-15(8-10-16)14(2)26/h3-12H,1-2H3,(H,21,22,24). The molecule has 0 unspecified atom stereocenters. The molecule has 0 radical (unpaired) electrons. The highest BCUT2D eigenvalue weighted by Crippen LogP contribution is 2.25. The summed E-state index contributed by atoms with van der Waals surface area (Å²) in [5.41, 5.74) is 4.36. The normalized spacial score (nSPS) is 10.8. The molecule has 6 heteroatoms. The van der Waals surface area contributed by atoms with Crippen LogP contribution in [0.2, 0.25) is 0 Å². The van der Waals surface area contributed by atoms with Gasteiger partial charge in [-0.1, -0.05) is 18.2 Å². The van der Waals surface area contributed by atoms with Gasteiger partial charge in [0, 0.05) is 11.3 Å². The van der Waals surface area contributed by atoms with Crippen molar-refractivity contribution < 1.29 is 4.79 Å². The number of para-hydroxylation sites is 1. The number of ketones is 1. The van der Waals surface area contributed by atoms with Crippen molar-refractivity contribution in [2.24, 2.45) is 0 Å². The predicted molar refractivity (Wildman–Crippen MR) is 101 cm³/mol. The van der Waals surface area contributed by atoms with E-state index in [4.69, 9.17) is 0 Å². The lowest BCUT2D eigenvalue weighted by Crippen LogP contribution is -2.01. The number of carbonyl (C=O) groups excluding carboxylic acids is 1. The van der Waals surface area contributed by atoms with E-state index in [0.29, 0.717) is 11.4 Å². The molecule has 0 amide bonds. The van der Waals surface area contributed by atoms with E-state index >= 15 is 0 Å². The van der Waals surface area contributed by atoms with Crippen LogP contribution in [0.3, 0.4) is 0 Å². The van der Waals surface area contributed by atoms with E-state index < -0.39 is 0 Å². The molecule has 0 fully saturated rings. The number of hydrogen-bond acceptors (Lipinski definition) is 5. The number of anilines is 2. The Bertz CT molecular complexity index is 1100. The minimum atomic E-state index is 0.0421. The maximum Gasteiger partial charge on any atom is 0.168 e. The van der Waals surface area contributed by atoms with Crippen LogP contribution in [-0.4, -0.2) is 25.5 Å². The third-order valence-corrected chi connectivity index (χ3v) is 4.26. The van der Waals surface area contributed by atoms with Crippen molar-refractivity contribution in [3.05, 3.63) is 72.2 Å². The first-order valence-electron chi connectivity index (χ1n) is 8.26. The Morgan fingerprint density at radius 3 is 2.54 bits per heavy atom. The highest BCUT2D eigenvalue weighted by Gasteiger charge is 2.12. The van der Waals surface area contributed by atoms with Crippen LogP contribution in [0.25, 0.3) is 16.7 Å². The van der Waals surface area contributed by atoms with Crippen LogP contribution in [0, 0.1) is 6.92 Å². The molecule has 2 aromatic heterocycles. The van der Waals surface area contributed by atoms with Gasteiger partial charge in [-0.2, -0.15) is 5.10 Å².